The summed E-state index contributed by atoms with van der Waals surface area (Å²) in [5.41, 5.74) is 11.2. The molecule has 1 amide bonds. The van der Waals surface area contributed by atoms with Crippen LogP contribution in [0.15, 0.2) is 0 Å². The lowest BCUT2D eigenvalue weighted by atomic mass is 10.1. The largest absolute Gasteiger partial charge is 0.396 e. The molecule has 0 bridgehead atoms. The molecule has 1 aliphatic rings. The summed E-state index contributed by atoms with van der Waals surface area (Å²) in [6.07, 6.45) is 0.938. The van der Waals surface area contributed by atoms with Gasteiger partial charge in [0.2, 0.25) is 0 Å². The van der Waals surface area contributed by atoms with Crippen LogP contribution in [0.1, 0.15) is 28.1 Å². The fourth-order valence-corrected chi connectivity index (χ4v) is 4.55. The normalized spacial score (nSPS) is 18.4. The zero-order chi connectivity index (χ0) is 14.9. The molecule has 1 fully saturated rings. The molecule has 2 rings (SSSR count). The van der Waals surface area contributed by atoms with Crippen molar-refractivity contribution < 1.29 is 13.2 Å². The van der Waals surface area contributed by atoms with Crippen molar-refractivity contribution in [2.75, 3.05) is 22.6 Å². The van der Waals surface area contributed by atoms with Crippen molar-refractivity contribution in [2.45, 2.75) is 18.9 Å². The van der Waals surface area contributed by atoms with E-state index in [1.54, 1.807) is 0 Å². The van der Waals surface area contributed by atoms with Crippen LogP contribution in [0, 0.1) is 11.3 Å². The number of thiophene rings is 1. The minimum atomic E-state index is -2.94. The van der Waals surface area contributed by atoms with Gasteiger partial charge in [-0.05, 0) is 12.8 Å². The molecule has 1 aromatic rings. The number of primary amides is 1. The van der Waals surface area contributed by atoms with Gasteiger partial charge in [-0.25, -0.2) is 8.42 Å². The second-order valence-corrected chi connectivity index (χ2v) is 7.92. The lowest BCUT2D eigenvalue weighted by Crippen LogP contribution is -2.32. The number of nitrogen functional groups attached to an aromatic ring is 1. The zero-order valence-electron chi connectivity index (χ0n) is 10.5. The van der Waals surface area contributed by atoms with Gasteiger partial charge in [-0.3, -0.25) is 4.79 Å². The van der Waals surface area contributed by atoms with Crippen LogP contribution in [0.3, 0.4) is 0 Å². The van der Waals surface area contributed by atoms with Crippen molar-refractivity contribution in [2.24, 2.45) is 5.73 Å². The topological polar surface area (TPSA) is 139 Å². The predicted molar refractivity (Wildman–Crippen MR) is 77.3 cm³/mol. The summed E-state index contributed by atoms with van der Waals surface area (Å²) >= 11 is 1.03. The van der Waals surface area contributed by atoms with Crippen LogP contribution < -0.4 is 16.8 Å². The molecule has 9 heteroatoms. The van der Waals surface area contributed by atoms with E-state index in [0.29, 0.717) is 17.8 Å². The van der Waals surface area contributed by atoms with E-state index < -0.39 is 15.7 Å². The molecule has 0 spiro atoms. The van der Waals surface area contributed by atoms with Crippen molar-refractivity contribution >= 4 is 37.8 Å². The molecule has 0 atom stereocenters. The molecular formula is C11H14N4O3S2. The number of sulfone groups is 1. The van der Waals surface area contributed by atoms with E-state index in [2.05, 4.69) is 5.32 Å². The van der Waals surface area contributed by atoms with E-state index in [4.69, 9.17) is 16.7 Å². The Labute approximate surface area is 120 Å². The van der Waals surface area contributed by atoms with Crippen LogP contribution in [0.25, 0.3) is 0 Å². The summed E-state index contributed by atoms with van der Waals surface area (Å²) in [6, 6.07) is 1.89. The number of carbonyl (C=O) groups is 1. The molecule has 0 saturated carbocycles. The summed E-state index contributed by atoms with van der Waals surface area (Å²) in [4.78, 5) is 11.4. The average molecular weight is 314 g/mol. The summed E-state index contributed by atoms with van der Waals surface area (Å²) in [5.74, 6) is -0.435. The van der Waals surface area contributed by atoms with E-state index in [0.717, 1.165) is 11.3 Å². The summed E-state index contributed by atoms with van der Waals surface area (Å²) in [6.45, 7) is 0. The Hall–Kier alpha value is -1.79. The monoisotopic (exact) mass is 314 g/mol. The summed E-state index contributed by atoms with van der Waals surface area (Å²) in [5, 5.41) is 12.7. The number of carbonyl (C=O) groups excluding carboxylic acids is 1. The highest BCUT2D eigenvalue weighted by molar-refractivity contribution is 7.91. The molecule has 0 unspecified atom stereocenters. The SMILES string of the molecule is N#Cc1c(NC2CCS(=O)(=O)CC2)sc(C(N)=O)c1N. The Balaban J connectivity index is 2.20. The van der Waals surface area contributed by atoms with Gasteiger partial charge in [-0.1, -0.05) is 0 Å². The smallest absolute Gasteiger partial charge is 0.261 e. The van der Waals surface area contributed by atoms with Crippen molar-refractivity contribution in [1.82, 2.24) is 0 Å². The third-order valence-corrected chi connectivity index (χ3v) is 6.04. The molecule has 1 saturated heterocycles. The number of nitrogens with two attached hydrogens (primary N) is 2. The van der Waals surface area contributed by atoms with Gasteiger partial charge in [0.15, 0.2) is 0 Å². The van der Waals surface area contributed by atoms with E-state index >= 15 is 0 Å². The molecule has 0 radical (unpaired) electrons. The molecule has 2 heterocycles. The Morgan fingerprint density at radius 1 is 1.40 bits per heavy atom. The van der Waals surface area contributed by atoms with E-state index in [1.165, 1.54) is 0 Å². The van der Waals surface area contributed by atoms with Gasteiger partial charge in [0, 0.05) is 6.04 Å². The summed E-state index contributed by atoms with van der Waals surface area (Å²) < 4.78 is 22.7. The number of hydrogen-bond donors (Lipinski definition) is 3. The van der Waals surface area contributed by atoms with Crippen LogP contribution in [-0.2, 0) is 9.84 Å². The van der Waals surface area contributed by atoms with Crippen molar-refractivity contribution in [3.05, 3.63) is 10.4 Å². The quantitative estimate of drug-likeness (QED) is 0.732. The van der Waals surface area contributed by atoms with Crippen LogP contribution >= 0.6 is 11.3 Å². The first kappa shape index (κ1) is 14.6. The first-order valence-corrected chi connectivity index (χ1v) is 8.57. The first-order valence-electron chi connectivity index (χ1n) is 5.93. The molecule has 1 aliphatic heterocycles. The molecule has 20 heavy (non-hydrogen) atoms. The van der Waals surface area contributed by atoms with Crippen LogP contribution in [0.5, 0.6) is 0 Å². The lowest BCUT2D eigenvalue weighted by Gasteiger charge is -2.23. The molecule has 1 aromatic heterocycles. The van der Waals surface area contributed by atoms with Gasteiger partial charge in [-0.2, -0.15) is 5.26 Å². The minimum Gasteiger partial charge on any atom is -0.396 e. The second-order valence-electron chi connectivity index (χ2n) is 4.60. The van der Waals surface area contributed by atoms with E-state index in [1.807, 2.05) is 6.07 Å². The van der Waals surface area contributed by atoms with Crippen LogP contribution in [0.4, 0.5) is 10.7 Å². The number of nitrogens with zero attached hydrogens (tertiary/aromatic N) is 1. The lowest BCUT2D eigenvalue weighted by molar-refractivity contribution is 0.100. The van der Waals surface area contributed by atoms with Gasteiger partial charge in [0.1, 0.15) is 31.3 Å². The second kappa shape index (κ2) is 5.30. The maximum atomic E-state index is 11.4. The third-order valence-electron chi connectivity index (χ3n) is 3.17. The molecule has 0 aromatic carbocycles. The predicted octanol–water partition coefficient (Wildman–Crippen LogP) is 0.290. The standard InChI is InChI=1S/C11H14N4O3S2/c12-5-7-8(13)9(10(14)16)19-11(7)15-6-1-3-20(17,18)4-2-6/h6,15H,1-4,13H2,(H2,14,16). The number of anilines is 2. The highest BCUT2D eigenvalue weighted by Gasteiger charge is 2.26. The molecule has 108 valence electrons. The summed E-state index contributed by atoms with van der Waals surface area (Å²) in [7, 11) is -2.94. The van der Waals surface area contributed by atoms with Crippen LogP contribution in [0.2, 0.25) is 0 Å². The number of hydrogen-bond acceptors (Lipinski definition) is 7. The van der Waals surface area contributed by atoms with Crippen molar-refractivity contribution in [3.8, 4) is 6.07 Å². The van der Waals surface area contributed by atoms with E-state index in [-0.39, 0.29) is 33.7 Å². The third kappa shape index (κ3) is 2.86. The zero-order valence-corrected chi connectivity index (χ0v) is 12.2. The fraction of sp³-hybridized carbons (Fsp3) is 0.455. The molecule has 5 N–H and O–H groups in total. The number of nitrogens with one attached hydrogen (secondary N) is 1. The highest BCUT2D eigenvalue weighted by Crippen LogP contribution is 2.36. The molecule has 7 nitrogen and oxygen atoms in total. The van der Waals surface area contributed by atoms with Crippen molar-refractivity contribution in [3.63, 3.8) is 0 Å². The maximum absolute atomic E-state index is 11.4. The number of amides is 1. The highest BCUT2D eigenvalue weighted by atomic mass is 32.2. The molecular weight excluding hydrogens is 300 g/mol. The Bertz CT molecular complexity index is 673. The van der Waals surface area contributed by atoms with E-state index in [9.17, 15) is 13.2 Å². The van der Waals surface area contributed by atoms with Gasteiger partial charge in [-0.15, -0.1) is 11.3 Å². The van der Waals surface area contributed by atoms with Gasteiger partial charge < -0.3 is 16.8 Å². The van der Waals surface area contributed by atoms with Crippen molar-refractivity contribution in [1.29, 1.82) is 5.26 Å². The first-order chi connectivity index (χ1) is 9.34. The Morgan fingerprint density at radius 2 is 2.00 bits per heavy atom. The Kier molecular flexibility index (Phi) is 3.87. The fourth-order valence-electron chi connectivity index (χ4n) is 2.06. The van der Waals surface area contributed by atoms with Gasteiger partial charge >= 0.3 is 0 Å². The molecule has 0 aliphatic carbocycles. The Morgan fingerprint density at radius 3 is 2.50 bits per heavy atom. The average Bonchev–Trinajstić information content (AvgIpc) is 2.68. The maximum Gasteiger partial charge on any atom is 0.261 e. The minimum absolute atomic E-state index is 0.0515. The van der Waals surface area contributed by atoms with Crippen LogP contribution in [-0.4, -0.2) is 31.9 Å². The number of rotatable bonds is 3. The number of nitriles is 1. The van der Waals surface area contributed by atoms with Gasteiger partial charge in [0.25, 0.3) is 5.91 Å². The van der Waals surface area contributed by atoms with Gasteiger partial charge in [0.05, 0.1) is 17.2 Å².